The molecule has 1 amide bonds. The molecule has 2 aromatic heterocycles. The van der Waals surface area contributed by atoms with Crippen molar-refractivity contribution in [1.29, 1.82) is 0 Å². The second-order valence-corrected chi connectivity index (χ2v) is 5.83. The van der Waals surface area contributed by atoms with Crippen molar-refractivity contribution in [2.75, 3.05) is 26.5 Å². The molecule has 2 aromatic rings. The van der Waals surface area contributed by atoms with Crippen molar-refractivity contribution in [3.05, 3.63) is 40.8 Å². The molecule has 0 fully saturated rings. The van der Waals surface area contributed by atoms with Crippen molar-refractivity contribution >= 4 is 11.9 Å². The van der Waals surface area contributed by atoms with Crippen LogP contribution >= 0.6 is 0 Å². The first-order valence-corrected chi connectivity index (χ1v) is 7.93. The monoisotopic (exact) mass is 327 g/mol. The van der Waals surface area contributed by atoms with Crippen LogP contribution in [0.15, 0.2) is 18.5 Å². The third-order valence-corrected chi connectivity index (χ3v) is 4.13. The highest BCUT2D eigenvalue weighted by atomic mass is 16.5. The van der Waals surface area contributed by atoms with Gasteiger partial charge in [0.25, 0.3) is 5.91 Å². The van der Waals surface area contributed by atoms with Crippen LogP contribution in [0.4, 0.5) is 5.95 Å². The van der Waals surface area contributed by atoms with Gasteiger partial charge in [0.2, 0.25) is 11.8 Å². The van der Waals surface area contributed by atoms with Gasteiger partial charge >= 0.3 is 0 Å². The maximum Gasteiger partial charge on any atom is 0.259 e. The first-order chi connectivity index (χ1) is 11.6. The number of methoxy groups -OCH3 is 1. The van der Waals surface area contributed by atoms with Gasteiger partial charge in [-0.25, -0.2) is 15.0 Å². The average molecular weight is 327 g/mol. The summed E-state index contributed by atoms with van der Waals surface area (Å²) in [6.45, 7) is 0.420. The van der Waals surface area contributed by atoms with Gasteiger partial charge in [0.05, 0.1) is 7.11 Å². The van der Waals surface area contributed by atoms with E-state index in [1.54, 1.807) is 38.5 Å². The molecule has 0 aromatic carbocycles. The number of carbonyl (C=O) groups excluding carboxylic acids is 1. The van der Waals surface area contributed by atoms with Gasteiger partial charge in [0, 0.05) is 44.3 Å². The molecule has 0 unspecified atom stereocenters. The molecule has 2 heterocycles. The molecular formula is C17H21N5O2. The van der Waals surface area contributed by atoms with E-state index in [2.05, 4.69) is 20.3 Å². The van der Waals surface area contributed by atoms with Crippen LogP contribution in [-0.4, -0.2) is 47.0 Å². The van der Waals surface area contributed by atoms with E-state index in [1.807, 2.05) is 6.07 Å². The van der Waals surface area contributed by atoms with Gasteiger partial charge in [-0.3, -0.25) is 4.79 Å². The summed E-state index contributed by atoms with van der Waals surface area (Å²) in [5.41, 5.74) is 3.56. The molecule has 7 heteroatoms. The lowest BCUT2D eigenvalue weighted by molar-refractivity contribution is 0.0780. The Labute approximate surface area is 141 Å². The number of fused-ring (bicyclic) bond motifs is 1. The van der Waals surface area contributed by atoms with Gasteiger partial charge < -0.3 is 15.0 Å². The standard InChI is InChI=1S/C17H21N5O2/c1-18-17-19-8-11(9-20-17)10-22(2)16(23)13-7-12-5-4-6-14(12)21-15(13)24-3/h7-9H,4-6,10H2,1-3H3,(H,18,19,20). The largest absolute Gasteiger partial charge is 0.480 e. The number of amides is 1. The number of hydrogen-bond acceptors (Lipinski definition) is 6. The van der Waals surface area contributed by atoms with Gasteiger partial charge in [0.1, 0.15) is 5.56 Å². The first kappa shape index (κ1) is 16.2. The normalized spacial score (nSPS) is 12.6. The lowest BCUT2D eigenvalue weighted by atomic mass is 10.1. The predicted octanol–water partition coefficient (Wildman–Crippen LogP) is 1.68. The number of aromatic nitrogens is 3. The molecule has 3 rings (SSSR count). The van der Waals surface area contributed by atoms with Gasteiger partial charge in [-0.1, -0.05) is 0 Å². The van der Waals surface area contributed by atoms with Crippen LogP contribution < -0.4 is 10.1 Å². The molecule has 0 spiro atoms. The first-order valence-electron chi connectivity index (χ1n) is 7.93. The predicted molar refractivity (Wildman–Crippen MR) is 90.2 cm³/mol. The summed E-state index contributed by atoms with van der Waals surface area (Å²) >= 11 is 0. The number of anilines is 1. The number of pyridine rings is 1. The van der Waals surface area contributed by atoms with E-state index in [9.17, 15) is 4.79 Å². The second kappa shape index (κ2) is 6.82. The Kier molecular flexibility index (Phi) is 4.59. The van der Waals surface area contributed by atoms with E-state index < -0.39 is 0 Å². The highest BCUT2D eigenvalue weighted by Crippen LogP contribution is 2.27. The van der Waals surface area contributed by atoms with Crippen molar-refractivity contribution in [2.45, 2.75) is 25.8 Å². The molecule has 1 N–H and O–H groups in total. The quantitative estimate of drug-likeness (QED) is 0.900. The van der Waals surface area contributed by atoms with Crippen molar-refractivity contribution in [3.63, 3.8) is 0 Å². The SMILES string of the molecule is CNc1ncc(CN(C)C(=O)c2cc3c(nc2OC)CCC3)cn1. The minimum absolute atomic E-state index is 0.119. The summed E-state index contributed by atoms with van der Waals surface area (Å²) in [5.74, 6) is 0.832. The summed E-state index contributed by atoms with van der Waals surface area (Å²) in [7, 11) is 5.06. The highest BCUT2D eigenvalue weighted by molar-refractivity contribution is 5.96. The molecular weight excluding hydrogens is 306 g/mol. The van der Waals surface area contributed by atoms with Gasteiger partial charge in [0.15, 0.2) is 0 Å². The number of rotatable bonds is 5. The van der Waals surface area contributed by atoms with Crippen molar-refractivity contribution in [2.24, 2.45) is 0 Å². The number of nitrogens with zero attached hydrogens (tertiary/aromatic N) is 4. The second-order valence-electron chi connectivity index (χ2n) is 5.83. The molecule has 24 heavy (non-hydrogen) atoms. The molecule has 0 saturated carbocycles. The zero-order valence-corrected chi connectivity index (χ0v) is 14.2. The van der Waals surface area contributed by atoms with Crippen LogP contribution in [0.2, 0.25) is 0 Å². The Morgan fingerprint density at radius 1 is 1.33 bits per heavy atom. The molecule has 7 nitrogen and oxygen atoms in total. The lowest BCUT2D eigenvalue weighted by Gasteiger charge is -2.19. The van der Waals surface area contributed by atoms with Gasteiger partial charge in [-0.05, 0) is 30.9 Å². The Bertz CT molecular complexity index is 745. The molecule has 0 bridgehead atoms. The zero-order valence-electron chi connectivity index (χ0n) is 14.2. The van der Waals surface area contributed by atoms with E-state index in [0.29, 0.717) is 23.9 Å². The van der Waals surface area contributed by atoms with Crippen molar-refractivity contribution in [3.8, 4) is 5.88 Å². The zero-order chi connectivity index (χ0) is 17.1. The maximum atomic E-state index is 12.8. The Morgan fingerprint density at radius 2 is 2.08 bits per heavy atom. The van der Waals surface area contributed by atoms with Crippen LogP contribution in [0.1, 0.15) is 33.6 Å². The summed E-state index contributed by atoms with van der Waals surface area (Å²) in [5, 5.41) is 2.87. The van der Waals surface area contributed by atoms with Gasteiger partial charge in [-0.2, -0.15) is 0 Å². The third kappa shape index (κ3) is 3.15. The van der Waals surface area contributed by atoms with E-state index >= 15 is 0 Å². The summed E-state index contributed by atoms with van der Waals surface area (Å²) < 4.78 is 5.33. The number of carbonyl (C=O) groups is 1. The molecule has 126 valence electrons. The Morgan fingerprint density at radius 3 is 2.75 bits per heavy atom. The molecule has 0 radical (unpaired) electrons. The van der Waals surface area contributed by atoms with Crippen molar-refractivity contribution in [1.82, 2.24) is 19.9 Å². The number of nitrogens with one attached hydrogen (secondary N) is 1. The maximum absolute atomic E-state index is 12.8. The minimum atomic E-state index is -0.119. The van der Waals surface area contributed by atoms with Crippen molar-refractivity contribution < 1.29 is 9.53 Å². The fourth-order valence-electron chi connectivity index (χ4n) is 2.88. The highest BCUT2D eigenvalue weighted by Gasteiger charge is 2.23. The molecule has 0 atom stereocenters. The van der Waals surface area contributed by atoms with E-state index in [1.165, 1.54) is 0 Å². The number of hydrogen-bond donors (Lipinski definition) is 1. The summed E-state index contributed by atoms with van der Waals surface area (Å²) in [6, 6.07) is 1.92. The van der Waals surface area contributed by atoms with Crippen LogP contribution in [0.25, 0.3) is 0 Å². The Balaban J connectivity index is 1.80. The molecule has 1 aliphatic carbocycles. The fourth-order valence-corrected chi connectivity index (χ4v) is 2.88. The van der Waals surface area contributed by atoms with Gasteiger partial charge in [-0.15, -0.1) is 0 Å². The van der Waals surface area contributed by atoms with E-state index in [-0.39, 0.29) is 5.91 Å². The lowest BCUT2D eigenvalue weighted by Crippen LogP contribution is -2.27. The fraction of sp³-hybridized carbons (Fsp3) is 0.412. The van der Waals surface area contributed by atoms with Crippen LogP contribution in [0.3, 0.4) is 0 Å². The van der Waals surface area contributed by atoms with E-state index in [4.69, 9.17) is 4.74 Å². The summed E-state index contributed by atoms with van der Waals surface area (Å²) in [4.78, 5) is 27.3. The van der Waals surface area contributed by atoms with E-state index in [0.717, 1.165) is 36.1 Å². The Hall–Kier alpha value is -2.70. The smallest absolute Gasteiger partial charge is 0.259 e. The van der Waals surface area contributed by atoms with Crippen LogP contribution in [0.5, 0.6) is 5.88 Å². The van der Waals surface area contributed by atoms with Crippen LogP contribution in [0, 0.1) is 0 Å². The molecule has 0 saturated heterocycles. The topological polar surface area (TPSA) is 80.2 Å². The molecule has 1 aliphatic rings. The summed E-state index contributed by atoms with van der Waals surface area (Å²) in [6.07, 6.45) is 6.41. The third-order valence-electron chi connectivity index (χ3n) is 4.13. The average Bonchev–Trinajstić information content (AvgIpc) is 3.07. The molecule has 0 aliphatic heterocycles. The van der Waals surface area contributed by atoms with Crippen LogP contribution in [-0.2, 0) is 19.4 Å². The number of aryl methyl sites for hydroxylation is 2. The number of ether oxygens (including phenoxy) is 1. The minimum Gasteiger partial charge on any atom is -0.480 e.